The zero-order chi connectivity index (χ0) is 21.1. The van der Waals surface area contributed by atoms with E-state index in [1.807, 2.05) is 36.4 Å². The number of amides is 1. The van der Waals surface area contributed by atoms with E-state index in [0.29, 0.717) is 5.75 Å². The van der Waals surface area contributed by atoms with Gasteiger partial charge in [0.05, 0.1) is 15.2 Å². The molecule has 4 rings (SSSR count). The highest BCUT2D eigenvalue weighted by molar-refractivity contribution is 9.11. The molecule has 0 atom stereocenters. The van der Waals surface area contributed by atoms with Crippen LogP contribution in [0.25, 0.3) is 21.5 Å². The van der Waals surface area contributed by atoms with Crippen molar-refractivity contribution in [2.75, 3.05) is 6.61 Å². The molecule has 4 nitrogen and oxygen atoms in total. The summed E-state index contributed by atoms with van der Waals surface area (Å²) < 4.78 is 8.00. The molecular formula is C23H15Br3N2O2. The van der Waals surface area contributed by atoms with Crippen LogP contribution in [0.2, 0.25) is 0 Å². The molecule has 4 aromatic rings. The Morgan fingerprint density at radius 3 is 2.07 bits per heavy atom. The average Bonchev–Trinajstić information content (AvgIpc) is 2.72. The maximum atomic E-state index is 12.2. The number of hydrogen-bond donors (Lipinski definition) is 1. The van der Waals surface area contributed by atoms with Crippen LogP contribution in [0.15, 0.2) is 85.2 Å². The lowest BCUT2D eigenvalue weighted by molar-refractivity contribution is -0.123. The third kappa shape index (κ3) is 4.58. The van der Waals surface area contributed by atoms with Gasteiger partial charge in [0.15, 0.2) is 6.61 Å². The second-order valence-corrected chi connectivity index (χ2v) is 9.14. The predicted octanol–water partition coefficient (Wildman–Crippen LogP) is 6.81. The maximum absolute atomic E-state index is 12.2. The van der Waals surface area contributed by atoms with E-state index < -0.39 is 0 Å². The number of halogens is 3. The van der Waals surface area contributed by atoms with Gasteiger partial charge in [0.25, 0.3) is 5.91 Å². The molecule has 0 fully saturated rings. The maximum Gasteiger partial charge on any atom is 0.277 e. The quantitative estimate of drug-likeness (QED) is 0.158. The van der Waals surface area contributed by atoms with Crippen LogP contribution in [-0.4, -0.2) is 18.7 Å². The fourth-order valence-corrected chi connectivity index (χ4v) is 5.68. The molecule has 0 radical (unpaired) electrons. The van der Waals surface area contributed by atoms with Gasteiger partial charge in [-0.05, 0) is 71.6 Å². The molecule has 0 saturated heterocycles. The smallest absolute Gasteiger partial charge is 0.277 e. The average molecular weight is 591 g/mol. The van der Waals surface area contributed by atoms with Crippen LogP contribution >= 0.6 is 47.8 Å². The van der Waals surface area contributed by atoms with Gasteiger partial charge in [-0.25, -0.2) is 5.43 Å². The first-order valence-electron chi connectivity index (χ1n) is 9.02. The summed E-state index contributed by atoms with van der Waals surface area (Å²) in [5.74, 6) is 0.204. The van der Waals surface area contributed by atoms with Gasteiger partial charge >= 0.3 is 0 Å². The standard InChI is InChI=1S/C23H15Br3N2O2/c24-16-10-20(25)23(21(26)11-16)30-13-22(29)28-27-12-19-17-7-3-1-5-14(17)9-15-6-2-4-8-18(15)19/h1-12H,13H2,(H,28,29)/b27-12+. The number of hydrogen-bond acceptors (Lipinski definition) is 3. The number of nitrogens with zero attached hydrogens (tertiary/aromatic N) is 1. The van der Waals surface area contributed by atoms with E-state index in [9.17, 15) is 4.79 Å². The highest BCUT2D eigenvalue weighted by atomic mass is 79.9. The lowest BCUT2D eigenvalue weighted by Gasteiger charge is -2.10. The van der Waals surface area contributed by atoms with Crippen LogP contribution in [-0.2, 0) is 4.79 Å². The van der Waals surface area contributed by atoms with E-state index in [-0.39, 0.29) is 12.5 Å². The number of fused-ring (bicyclic) bond motifs is 2. The van der Waals surface area contributed by atoms with Crippen molar-refractivity contribution >= 4 is 81.5 Å². The Labute approximate surface area is 198 Å². The van der Waals surface area contributed by atoms with Crippen molar-refractivity contribution in [2.45, 2.75) is 0 Å². The van der Waals surface area contributed by atoms with E-state index >= 15 is 0 Å². The third-order valence-corrected chi connectivity index (χ3v) is 6.14. The van der Waals surface area contributed by atoms with Gasteiger partial charge < -0.3 is 4.74 Å². The fraction of sp³-hybridized carbons (Fsp3) is 0.0435. The Bertz CT molecular complexity index is 1210. The molecule has 0 aliphatic heterocycles. The summed E-state index contributed by atoms with van der Waals surface area (Å²) in [4.78, 5) is 12.2. The van der Waals surface area contributed by atoms with Gasteiger partial charge in [-0.3, -0.25) is 4.79 Å². The van der Waals surface area contributed by atoms with Gasteiger partial charge in [-0.2, -0.15) is 5.10 Å². The second-order valence-electron chi connectivity index (χ2n) is 6.51. The molecule has 7 heteroatoms. The Hall–Kier alpha value is -2.22. The summed E-state index contributed by atoms with van der Waals surface area (Å²) in [5, 5.41) is 8.58. The lowest BCUT2D eigenvalue weighted by Crippen LogP contribution is -2.24. The summed E-state index contributed by atoms with van der Waals surface area (Å²) in [6.45, 7) is -0.160. The Morgan fingerprint density at radius 2 is 1.47 bits per heavy atom. The topological polar surface area (TPSA) is 50.7 Å². The molecule has 1 amide bonds. The van der Waals surface area contributed by atoms with Gasteiger partial charge in [-0.1, -0.05) is 64.5 Å². The summed E-state index contributed by atoms with van der Waals surface area (Å²) in [6.07, 6.45) is 1.69. The summed E-state index contributed by atoms with van der Waals surface area (Å²) in [5.41, 5.74) is 3.51. The van der Waals surface area contributed by atoms with E-state index in [0.717, 1.165) is 40.5 Å². The first kappa shape index (κ1) is 21.0. The van der Waals surface area contributed by atoms with Gasteiger partial charge in [-0.15, -0.1) is 0 Å². The number of benzene rings is 4. The minimum atomic E-state index is -0.350. The number of hydrazone groups is 1. The SMILES string of the molecule is O=C(COc1c(Br)cc(Br)cc1Br)N/N=C/c1c2ccccc2cc2ccccc12. The molecule has 0 aliphatic carbocycles. The van der Waals surface area contributed by atoms with Crippen molar-refractivity contribution < 1.29 is 9.53 Å². The van der Waals surface area contributed by atoms with E-state index in [4.69, 9.17) is 4.74 Å². The highest BCUT2D eigenvalue weighted by Gasteiger charge is 2.11. The second kappa shape index (κ2) is 9.29. The van der Waals surface area contributed by atoms with Crippen LogP contribution in [0, 0.1) is 0 Å². The molecule has 0 saturated carbocycles. The van der Waals surface area contributed by atoms with Crippen LogP contribution in [0.4, 0.5) is 0 Å². The lowest BCUT2D eigenvalue weighted by atomic mass is 9.97. The first-order valence-corrected chi connectivity index (χ1v) is 11.4. The van der Waals surface area contributed by atoms with E-state index in [1.54, 1.807) is 6.21 Å². The molecule has 0 spiro atoms. The molecular weight excluding hydrogens is 576 g/mol. The molecule has 30 heavy (non-hydrogen) atoms. The Morgan fingerprint density at radius 1 is 0.900 bits per heavy atom. The largest absolute Gasteiger partial charge is 0.481 e. The number of rotatable bonds is 5. The zero-order valence-corrected chi connectivity index (χ0v) is 20.3. The van der Waals surface area contributed by atoms with Crippen molar-refractivity contribution in [1.29, 1.82) is 0 Å². The van der Waals surface area contributed by atoms with Gasteiger partial charge in [0, 0.05) is 10.0 Å². The third-order valence-electron chi connectivity index (χ3n) is 4.51. The molecule has 0 heterocycles. The molecule has 0 unspecified atom stereocenters. The molecule has 150 valence electrons. The molecule has 0 bridgehead atoms. The number of carbonyl (C=O) groups is 1. The molecule has 0 aliphatic rings. The normalized spacial score (nSPS) is 11.3. The van der Waals surface area contributed by atoms with Crippen LogP contribution in [0.3, 0.4) is 0 Å². The fourth-order valence-electron chi connectivity index (χ4n) is 3.19. The van der Waals surface area contributed by atoms with Crippen molar-refractivity contribution in [3.05, 3.63) is 85.7 Å². The summed E-state index contributed by atoms with van der Waals surface area (Å²) in [7, 11) is 0. The van der Waals surface area contributed by atoms with Crippen molar-refractivity contribution in [3.63, 3.8) is 0 Å². The summed E-state index contributed by atoms with van der Waals surface area (Å²) in [6, 6.07) is 22.1. The number of nitrogens with one attached hydrogen (secondary N) is 1. The van der Waals surface area contributed by atoms with E-state index in [2.05, 4.69) is 88.6 Å². The molecule has 4 aromatic carbocycles. The number of carbonyl (C=O) groups excluding carboxylic acids is 1. The highest BCUT2D eigenvalue weighted by Crippen LogP contribution is 2.36. The number of ether oxygens (including phenoxy) is 1. The van der Waals surface area contributed by atoms with Crippen LogP contribution in [0.5, 0.6) is 5.75 Å². The summed E-state index contributed by atoms with van der Waals surface area (Å²) >= 11 is 10.3. The Kier molecular flexibility index (Phi) is 6.51. The Balaban J connectivity index is 1.52. The van der Waals surface area contributed by atoms with Crippen LogP contribution < -0.4 is 10.2 Å². The van der Waals surface area contributed by atoms with Crippen molar-refractivity contribution in [3.8, 4) is 5.75 Å². The van der Waals surface area contributed by atoms with E-state index in [1.165, 1.54) is 0 Å². The van der Waals surface area contributed by atoms with Crippen LogP contribution in [0.1, 0.15) is 5.56 Å². The van der Waals surface area contributed by atoms with Crippen molar-refractivity contribution in [1.82, 2.24) is 5.43 Å². The van der Waals surface area contributed by atoms with Gasteiger partial charge in [0.2, 0.25) is 0 Å². The molecule has 0 aromatic heterocycles. The van der Waals surface area contributed by atoms with Crippen molar-refractivity contribution in [2.24, 2.45) is 5.10 Å². The predicted molar refractivity (Wildman–Crippen MR) is 132 cm³/mol. The minimum absolute atomic E-state index is 0.160. The zero-order valence-electron chi connectivity index (χ0n) is 15.5. The minimum Gasteiger partial charge on any atom is -0.481 e. The first-order chi connectivity index (χ1) is 14.5. The molecule has 1 N–H and O–H groups in total. The van der Waals surface area contributed by atoms with Gasteiger partial charge in [0.1, 0.15) is 5.75 Å². The monoisotopic (exact) mass is 588 g/mol.